The Hall–Kier alpha value is -1.67. The Kier molecular flexibility index (Phi) is 4.72. The molecule has 2 heteroatoms. The van der Waals surface area contributed by atoms with Gasteiger partial charge in [0.25, 0.3) is 0 Å². The van der Waals surface area contributed by atoms with Crippen molar-refractivity contribution in [3.63, 3.8) is 0 Å². The van der Waals surface area contributed by atoms with E-state index in [-0.39, 0.29) is 10.8 Å². The molecule has 0 fully saturated rings. The third-order valence-electron chi connectivity index (χ3n) is 4.20. The summed E-state index contributed by atoms with van der Waals surface area (Å²) in [7, 11) is 0. The van der Waals surface area contributed by atoms with E-state index in [9.17, 15) is 5.11 Å². The molecule has 2 nitrogen and oxygen atoms in total. The second-order valence-electron chi connectivity index (χ2n) is 7.81. The molecule has 1 aromatic carbocycles. The Morgan fingerprint density at radius 3 is 2.14 bits per heavy atom. The lowest BCUT2D eigenvalue weighted by Crippen LogP contribution is -2.21. The number of aliphatic hydroxyl groups is 1. The van der Waals surface area contributed by atoms with Crippen LogP contribution >= 0.6 is 0 Å². The molecular weight excluding hydrogens is 270 g/mol. The number of pyridine rings is 1. The zero-order chi connectivity index (χ0) is 16.4. The number of hydrogen-bond donors (Lipinski definition) is 1. The molecule has 1 unspecified atom stereocenters. The van der Waals surface area contributed by atoms with Gasteiger partial charge in [0.1, 0.15) is 0 Å². The van der Waals surface area contributed by atoms with Crippen molar-refractivity contribution in [2.75, 3.05) is 0 Å². The van der Waals surface area contributed by atoms with Crippen LogP contribution in [0.15, 0.2) is 48.8 Å². The van der Waals surface area contributed by atoms with Gasteiger partial charge in [0.05, 0.1) is 6.10 Å². The van der Waals surface area contributed by atoms with Gasteiger partial charge in [-0.2, -0.15) is 0 Å². The summed E-state index contributed by atoms with van der Waals surface area (Å²) in [5.41, 5.74) is 3.40. The van der Waals surface area contributed by atoms with Crippen LogP contribution in [0.5, 0.6) is 0 Å². The highest BCUT2D eigenvalue weighted by molar-refractivity contribution is 5.29. The first kappa shape index (κ1) is 16.7. The molecule has 1 aromatic heterocycles. The van der Waals surface area contributed by atoms with Gasteiger partial charge in [0.15, 0.2) is 0 Å². The van der Waals surface area contributed by atoms with Crippen LogP contribution in [0.3, 0.4) is 0 Å². The van der Waals surface area contributed by atoms with Gasteiger partial charge in [-0.1, -0.05) is 65.0 Å². The summed E-state index contributed by atoms with van der Waals surface area (Å²) < 4.78 is 0. The molecule has 0 saturated carbocycles. The summed E-state index contributed by atoms with van der Waals surface area (Å²) in [5, 5.41) is 10.4. The Bertz CT molecular complexity index is 594. The number of nitrogens with zero attached hydrogens (tertiary/aromatic N) is 1. The normalized spacial score (nSPS) is 13.9. The molecular formula is C20H27NO. The highest BCUT2D eigenvalue weighted by Crippen LogP contribution is 2.33. The van der Waals surface area contributed by atoms with Crippen molar-refractivity contribution in [1.82, 2.24) is 4.98 Å². The van der Waals surface area contributed by atoms with E-state index in [1.54, 1.807) is 0 Å². The molecule has 0 radical (unpaired) electrons. The van der Waals surface area contributed by atoms with Gasteiger partial charge in [-0.3, -0.25) is 4.98 Å². The number of hydrogen-bond acceptors (Lipinski definition) is 2. The van der Waals surface area contributed by atoms with Crippen molar-refractivity contribution < 1.29 is 5.11 Å². The maximum Gasteiger partial charge on any atom is 0.0838 e. The Balaban J connectivity index is 2.15. The molecule has 22 heavy (non-hydrogen) atoms. The van der Waals surface area contributed by atoms with Gasteiger partial charge in [-0.15, -0.1) is 0 Å². The highest BCUT2D eigenvalue weighted by atomic mass is 16.3. The number of aliphatic hydroxyl groups excluding tert-OH is 1. The van der Waals surface area contributed by atoms with E-state index in [2.05, 4.69) is 57.8 Å². The summed E-state index contributed by atoms with van der Waals surface area (Å²) in [6.45, 7) is 10.6. The van der Waals surface area contributed by atoms with Crippen molar-refractivity contribution in [3.05, 3.63) is 65.5 Å². The molecule has 2 aromatic rings. The van der Waals surface area contributed by atoms with E-state index in [4.69, 9.17) is 0 Å². The predicted octanol–water partition coefficient (Wildman–Crippen LogP) is 4.68. The fraction of sp³-hybridized carbons (Fsp3) is 0.450. The van der Waals surface area contributed by atoms with Gasteiger partial charge in [0, 0.05) is 12.4 Å². The van der Waals surface area contributed by atoms with E-state index >= 15 is 0 Å². The molecule has 0 spiro atoms. The average molecular weight is 297 g/mol. The largest absolute Gasteiger partial charge is 0.388 e. The topological polar surface area (TPSA) is 33.1 Å². The molecule has 2 rings (SSSR count). The van der Waals surface area contributed by atoms with Crippen molar-refractivity contribution in [3.8, 4) is 0 Å². The molecule has 0 bridgehead atoms. The second kappa shape index (κ2) is 6.21. The smallest absolute Gasteiger partial charge is 0.0838 e. The zero-order valence-corrected chi connectivity index (χ0v) is 14.3. The van der Waals surface area contributed by atoms with E-state index in [1.165, 1.54) is 11.1 Å². The van der Waals surface area contributed by atoms with Crippen LogP contribution in [-0.4, -0.2) is 10.1 Å². The standard InChI is InChI=1S/C20H27NO/c1-19(2,3)18(22)16-10-8-15(9-11-16)13-20(4,5)17-7-6-12-21-14-17/h6-12,14,18,22H,13H2,1-5H3. The van der Waals surface area contributed by atoms with Crippen molar-refractivity contribution >= 4 is 0 Å². The van der Waals surface area contributed by atoms with E-state index in [1.807, 2.05) is 30.6 Å². The quantitative estimate of drug-likeness (QED) is 0.888. The molecule has 0 aliphatic carbocycles. The first-order valence-corrected chi connectivity index (χ1v) is 7.87. The Morgan fingerprint density at radius 2 is 1.64 bits per heavy atom. The minimum atomic E-state index is -0.437. The summed E-state index contributed by atoms with van der Waals surface area (Å²) >= 11 is 0. The van der Waals surface area contributed by atoms with Gasteiger partial charge < -0.3 is 5.11 Å². The molecule has 0 amide bonds. The van der Waals surface area contributed by atoms with Gasteiger partial charge in [-0.05, 0) is 40.0 Å². The molecule has 1 atom stereocenters. The SMILES string of the molecule is CC(C)(Cc1ccc(C(O)C(C)(C)C)cc1)c1cccnc1. The number of benzene rings is 1. The van der Waals surface area contributed by atoms with Crippen molar-refractivity contribution in [1.29, 1.82) is 0 Å². The number of rotatable bonds is 4. The van der Waals surface area contributed by atoms with Crippen LogP contribution < -0.4 is 0 Å². The molecule has 1 N–H and O–H groups in total. The lowest BCUT2D eigenvalue weighted by Gasteiger charge is -2.27. The van der Waals surface area contributed by atoms with E-state index in [0.717, 1.165) is 12.0 Å². The average Bonchev–Trinajstić information content (AvgIpc) is 2.47. The predicted molar refractivity (Wildman–Crippen MR) is 91.8 cm³/mol. The molecule has 1 heterocycles. The first-order valence-electron chi connectivity index (χ1n) is 7.87. The minimum absolute atomic E-state index is 0.0401. The maximum atomic E-state index is 10.4. The van der Waals surface area contributed by atoms with Gasteiger partial charge in [-0.25, -0.2) is 0 Å². The van der Waals surface area contributed by atoms with Crippen LogP contribution in [0, 0.1) is 5.41 Å². The van der Waals surface area contributed by atoms with Crippen molar-refractivity contribution in [2.24, 2.45) is 5.41 Å². The summed E-state index contributed by atoms with van der Waals surface area (Å²) in [5.74, 6) is 0. The molecule has 118 valence electrons. The fourth-order valence-electron chi connectivity index (χ4n) is 2.69. The van der Waals surface area contributed by atoms with Crippen LogP contribution in [0.2, 0.25) is 0 Å². The van der Waals surface area contributed by atoms with Crippen LogP contribution in [-0.2, 0) is 11.8 Å². The van der Waals surface area contributed by atoms with Crippen LogP contribution in [0.1, 0.15) is 57.4 Å². The zero-order valence-electron chi connectivity index (χ0n) is 14.3. The molecule has 0 aliphatic rings. The second-order valence-corrected chi connectivity index (χ2v) is 7.81. The van der Waals surface area contributed by atoms with Crippen molar-refractivity contribution in [2.45, 2.75) is 52.6 Å². The van der Waals surface area contributed by atoms with E-state index in [0.29, 0.717) is 0 Å². The lowest BCUT2D eigenvalue weighted by atomic mass is 9.79. The third-order valence-corrected chi connectivity index (χ3v) is 4.20. The summed E-state index contributed by atoms with van der Waals surface area (Å²) in [4.78, 5) is 4.22. The van der Waals surface area contributed by atoms with Crippen LogP contribution in [0.4, 0.5) is 0 Å². The van der Waals surface area contributed by atoms with Gasteiger partial charge in [0.2, 0.25) is 0 Å². The minimum Gasteiger partial charge on any atom is -0.388 e. The Morgan fingerprint density at radius 1 is 1.00 bits per heavy atom. The third kappa shape index (κ3) is 3.95. The first-order chi connectivity index (χ1) is 10.2. The van der Waals surface area contributed by atoms with Gasteiger partial charge >= 0.3 is 0 Å². The van der Waals surface area contributed by atoms with Crippen LogP contribution in [0.25, 0.3) is 0 Å². The molecule has 0 aliphatic heterocycles. The number of aromatic nitrogens is 1. The highest BCUT2D eigenvalue weighted by Gasteiger charge is 2.24. The maximum absolute atomic E-state index is 10.4. The Labute approximate surface area is 134 Å². The van der Waals surface area contributed by atoms with E-state index < -0.39 is 6.10 Å². The lowest BCUT2D eigenvalue weighted by molar-refractivity contribution is 0.0626. The fourth-order valence-corrected chi connectivity index (χ4v) is 2.69. The monoisotopic (exact) mass is 297 g/mol. The summed E-state index contributed by atoms with van der Waals surface area (Å²) in [6, 6.07) is 12.5. The summed E-state index contributed by atoms with van der Waals surface area (Å²) in [6.07, 6.45) is 4.26. The molecule has 0 saturated heterocycles.